The van der Waals surface area contributed by atoms with Crippen molar-refractivity contribution in [3.8, 4) is 5.75 Å². The first-order valence-corrected chi connectivity index (χ1v) is 9.06. The monoisotopic (exact) mass is 344 g/mol. The highest BCUT2D eigenvalue weighted by Crippen LogP contribution is 2.65. The molecule has 1 saturated heterocycles. The molecule has 2 aliphatic rings. The molecule has 2 unspecified atom stereocenters. The van der Waals surface area contributed by atoms with Crippen molar-refractivity contribution in [2.45, 2.75) is 71.8 Å². The van der Waals surface area contributed by atoms with Crippen LogP contribution in [0.25, 0.3) is 0 Å². The van der Waals surface area contributed by atoms with Gasteiger partial charge < -0.3 is 9.47 Å². The molecule has 2 bridgehead atoms. The summed E-state index contributed by atoms with van der Waals surface area (Å²) in [6, 6.07) is 7.63. The first-order chi connectivity index (χ1) is 11.5. The van der Waals surface area contributed by atoms with Crippen LogP contribution in [0.4, 0.5) is 0 Å². The number of carbonyl (C=O) groups is 2. The number of hydrogen-bond acceptors (Lipinski definition) is 4. The average Bonchev–Trinajstić information content (AvgIpc) is 2.86. The van der Waals surface area contributed by atoms with Gasteiger partial charge in [0.2, 0.25) is 5.60 Å². The third-order valence-corrected chi connectivity index (χ3v) is 7.14. The zero-order valence-corrected chi connectivity index (χ0v) is 16.1. The number of esters is 2. The summed E-state index contributed by atoms with van der Waals surface area (Å²) in [5.74, 6) is -0.266. The molecule has 4 nitrogen and oxygen atoms in total. The lowest BCUT2D eigenvalue weighted by atomic mass is 9.66. The van der Waals surface area contributed by atoms with Gasteiger partial charge in [0, 0.05) is 5.41 Å². The largest absolute Gasteiger partial charge is 0.446 e. The van der Waals surface area contributed by atoms with Crippen LogP contribution in [0, 0.1) is 10.8 Å². The van der Waals surface area contributed by atoms with E-state index in [1.54, 1.807) is 0 Å². The Morgan fingerprint density at radius 3 is 2.20 bits per heavy atom. The summed E-state index contributed by atoms with van der Waals surface area (Å²) in [6.45, 7) is 12.3. The van der Waals surface area contributed by atoms with E-state index in [4.69, 9.17) is 9.47 Å². The van der Waals surface area contributed by atoms with Crippen molar-refractivity contribution >= 4 is 11.9 Å². The van der Waals surface area contributed by atoms with E-state index in [0.29, 0.717) is 18.6 Å². The number of hydrogen-bond donors (Lipinski definition) is 0. The van der Waals surface area contributed by atoms with E-state index < -0.39 is 22.4 Å². The van der Waals surface area contributed by atoms with Gasteiger partial charge in [-0.1, -0.05) is 46.8 Å². The normalized spacial score (nSPS) is 30.2. The van der Waals surface area contributed by atoms with Crippen LogP contribution in [-0.4, -0.2) is 17.5 Å². The summed E-state index contributed by atoms with van der Waals surface area (Å²) in [5.41, 5.74) is -1.11. The van der Waals surface area contributed by atoms with E-state index in [1.165, 1.54) is 5.56 Å². The van der Waals surface area contributed by atoms with Gasteiger partial charge in [0.25, 0.3) is 0 Å². The van der Waals surface area contributed by atoms with Gasteiger partial charge >= 0.3 is 11.9 Å². The van der Waals surface area contributed by atoms with Gasteiger partial charge in [0.05, 0.1) is 5.41 Å². The maximum absolute atomic E-state index is 12.9. The second kappa shape index (κ2) is 5.33. The number of carbonyl (C=O) groups excluding carboxylic acids is 2. The summed E-state index contributed by atoms with van der Waals surface area (Å²) in [7, 11) is 0. The van der Waals surface area contributed by atoms with E-state index >= 15 is 0 Å². The Labute approximate surface area is 149 Å². The Kier molecular flexibility index (Phi) is 3.83. The molecule has 0 radical (unpaired) electrons. The Morgan fingerprint density at radius 1 is 1.16 bits per heavy atom. The number of benzene rings is 1. The van der Waals surface area contributed by atoms with Crippen molar-refractivity contribution in [1.82, 2.24) is 0 Å². The van der Waals surface area contributed by atoms with Gasteiger partial charge in [-0.2, -0.15) is 0 Å². The number of ether oxygens (including phenoxy) is 2. The van der Waals surface area contributed by atoms with Crippen LogP contribution < -0.4 is 4.74 Å². The van der Waals surface area contributed by atoms with Gasteiger partial charge in [-0.3, -0.25) is 4.79 Å². The average molecular weight is 344 g/mol. The topological polar surface area (TPSA) is 52.6 Å². The molecule has 0 N–H and O–H groups in total. The Balaban J connectivity index is 1.83. The van der Waals surface area contributed by atoms with E-state index in [9.17, 15) is 9.59 Å². The molecule has 136 valence electrons. The first-order valence-electron chi connectivity index (χ1n) is 9.06. The predicted molar refractivity (Wildman–Crippen MR) is 95.3 cm³/mol. The molecular weight excluding hydrogens is 316 g/mol. The maximum Gasteiger partial charge on any atom is 0.356 e. The molecule has 1 aliphatic carbocycles. The van der Waals surface area contributed by atoms with Crippen molar-refractivity contribution in [2.24, 2.45) is 10.8 Å². The third-order valence-electron chi connectivity index (χ3n) is 7.14. The van der Waals surface area contributed by atoms with Crippen molar-refractivity contribution in [3.05, 3.63) is 29.8 Å². The lowest BCUT2D eigenvalue weighted by Gasteiger charge is -2.34. The van der Waals surface area contributed by atoms with Crippen LogP contribution in [0.2, 0.25) is 0 Å². The molecular formula is C21H28O4. The molecule has 2 atom stereocenters. The zero-order valence-electron chi connectivity index (χ0n) is 16.1. The summed E-state index contributed by atoms with van der Waals surface area (Å²) in [4.78, 5) is 25.2. The minimum Gasteiger partial charge on any atom is -0.446 e. The summed E-state index contributed by atoms with van der Waals surface area (Å²) in [6.07, 6.45) is 2.19. The fourth-order valence-corrected chi connectivity index (χ4v) is 4.07. The van der Waals surface area contributed by atoms with Gasteiger partial charge in [-0.15, -0.1) is 0 Å². The SMILES string of the molecule is CCC(C)(C)c1ccc(OC(=O)C23CCC(C)(C(=O)O2)C3(C)C)cc1. The van der Waals surface area contributed by atoms with Crippen LogP contribution >= 0.6 is 0 Å². The van der Waals surface area contributed by atoms with Crippen molar-refractivity contribution < 1.29 is 19.1 Å². The zero-order chi connectivity index (χ0) is 18.7. The molecule has 1 saturated carbocycles. The van der Waals surface area contributed by atoms with Crippen LogP contribution in [0.3, 0.4) is 0 Å². The predicted octanol–water partition coefficient (Wildman–Crippen LogP) is 4.40. The highest BCUT2D eigenvalue weighted by Gasteiger charge is 2.76. The quantitative estimate of drug-likeness (QED) is 0.600. The molecule has 1 heterocycles. The molecule has 1 aromatic carbocycles. The lowest BCUT2D eigenvalue weighted by molar-refractivity contribution is -0.176. The molecule has 25 heavy (non-hydrogen) atoms. The number of rotatable bonds is 4. The standard InChI is InChI=1S/C21H28O4/c1-7-18(2,3)14-8-10-15(11-9-14)24-17(23)21-13-12-20(6,16(22)25-21)19(21,4)5/h8-11H,7,12-13H2,1-6H3. The highest BCUT2D eigenvalue weighted by atomic mass is 16.6. The van der Waals surface area contributed by atoms with Gasteiger partial charge in [-0.05, 0) is 49.3 Å². The molecule has 1 aromatic rings. The Morgan fingerprint density at radius 2 is 1.76 bits per heavy atom. The fraction of sp³-hybridized carbons (Fsp3) is 0.619. The minimum absolute atomic E-state index is 0.0808. The van der Waals surface area contributed by atoms with Crippen LogP contribution in [0.1, 0.15) is 66.4 Å². The van der Waals surface area contributed by atoms with Crippen molar-refractivity contribution in [3.63, 3.8) is 0 Å². The molecule has 0 aromatic heterocycles. The summed E-state index contributed by atoms with van der Waals surface area (Å²) in [5, 5.41) is 0. The molecule has 2 fully saturated rings. The van der Waals surface area contributed by atoms with Crippen molar-refractivity contribution in [2.75, 3.05) is 0 Å². The fourth-order valence-electron chi connectivity index (χ4n) is 4.07. The van der Waals surface area contributed by atoms with E-state index in [-0.39, 0.29) is 11.4 Å². The van der Waals surface area contributed by atoms with Gasteiger partial charge in [-0.25, -0.2) is 4.79 Å². The van der Waals surface area contributed by atoms with Gasteiger partial charge in [0.1, 0.15) is 5.75 Å². The second-order valence-electron chi connectivity index (χ2n) is 8.82. The van der Waals surface area contributed by atoms with E-state index in [1.807, 2.05) is 45.0 Å². The third kappa shape index (κ3) is 2.26. The van der Waals surface area contributed by atoms with Crippen LogP contribution in [0.15, 0.2) is 24.3 Å². The van der Waals surface area contributed by atoms with Crippen LogP contribution in [0.5, 0.6) is 5.75 Å². The molecule has 0 spiro atoms. The van der Waals surface area contributed by atoms with E-state index in [2.05, 4.69) is 20.8 Å². The summed E-state index contributed by atoms with van der Waals surface area (Å²) >= 11 is 0. The van der Waals surface area contributed by atoms with Gasteiger partial charge in [0.15, 0.2) is 0 Å². The molecule has 1 aliphatic heterocycles. The first kappa shape index (κ1) is 18.0. The van der Waals surface area contributed by atoms with Crippen molar-refractivity contribution in [1.29, 1.82) is 0 Å². The number of fused-ring (bicyclic) bond motifs is 2. The molecule has 0 amide bonds. The highest BCUT2D eigenvalue weighted by molar-refractivity contribution is 5.94. The van der Waals surface area contributed by atoms with Crippen LogP contribution in [-0.2, 0) is 19.7 Å². The lowest BCUT2D eigenvalue weighted by Crippen LogP contribution is -2.50. The smallest absolute Gasteiger partial charge is 0.356 e. The second-order valence-corrected chi connectivity index (χ2v) is 8.82. The summed E-state index contributed by atoms with van der Waals surface area (Å²) < 4.78 is 11.2. The minimum atomic E-state index is -1.18. The molecule has 4 heteroatoms. The van der Waals surface area contributed by atoms with E-state index in [0.717, 1.165) is 6.42 Å². The Hall–Kier alpha value is -1.84. The Bertz CT molecular complexity index is 716. The maximum atomic E-state index is 12.9. The molecule has 3 rings (SSSR count).